The van der Waals surface area contributed by atoms with E-state index in [0.29, 0.717) is 18.7 Å². The summed E-state index contributed by atoms with van der Waals surface area (Å²) in [6.07, 6.45) is 13.9. The molecule has 1 aliphatic heterocycles. The smallest absolute Gasteiger partial charge is 0.331 e. The molecule has 1 aromatic heterocycles. The van der Waals surface area contributed by atoms with Gasteiger partial charge in [0.2, 0.25) is 5.88 Å². The molecule has 6 nitrogen and oxygen atoms in total. The van der Waals surface area contributed by atoms with Crippen LogP contribution in [-0.4, -0.2) is 20.9 Å². The first-order chi connectivity index (χ1) is 11.1. The third-order valence-corrected chi connectivity index (χ3v) is 4.12. The second-order valence-corrected chi connectivity index (χ2v) is 5.71. The Morgan fingerprint density at radius 3 is 2.91 bits per heavy atom. The number of H-pyrrole nitrogens is 1. The average molecular weight is 313 g/mol. The van der Waals surface area contributed by atoms with Crippen LogP contribution in [0, 0.1) is 0 Å². The summed E-state index contributed by atoms with van der Waals surface area (Å²) in [5, 5.41) is 10.3. The van der Waals surface area contributed by atoms with Crippen LogP contribution in [0.5, 0.6) is 5.88 Å². The van der Waals surface area contributed by atoms with Crippen molar-refractivity contribution in [1.29, 1.82) is 0 Å². The van der Waals surface area contributed by atoms with Crippen molar-refractivity contribution in [3.05, 3.63) is 55.9 Å². The van der Waals surface area contributed by atoms with E-state index in [0.717, 1.165) is 12.8 Å². The van der Waals surface area contributed by atoms with Crippen LogP contribution in [0.2, 0.25) is 0 Å². The fourth-order valence-corrected chi connectivity index (χ4v) is 2.85. The summed E-state index contributed by atoms with van der Waals surface area (Å²) in [6.45, 7) is 0.350. The van der Waals surface area contributed by atoms with Gasteiger partial charge in [0.1, 0.15) is 5.56 Å². The van der Waals surface area contributed by atoms with Crippen LogP contribution in [-0.2, 0) is 6.54 Å². The number of nitrogens with one attached hydrogen (secondary N) is 1. The summed E-state index contributed by atoms with van der Waals surface area (Å²) < 4.78 is 1.21. The normalized spacial score (nSPS) is 18.6. The largest absolute Gasteiger partial charge is 0.494 e. The standard InChI is InChI=1S/C17H19N3O3/c21-15-14(11-13-7-4-9-18-13)16(22)20(17(23)19-15)10-8-12-5-2-1-3-6-12/h4-5,7,9,11,22H,1-3,6,8,10H2,(H,19,21,23)/b13-11+. The molecule has 23 heavy (non-hydrogen) atoms. The Labute approximate surface area is 133 Å². The van der Waals surface area contributed by atoms with Crippen molar-refractivity contribution >= 4 is 12.3 Å². The molecule has 0 fully saturated rings. The Hall–Kier alpha value is -2.63. The lowest BCUT2D eigenvalue weighted by Gasteiger charge is -2.14. The van der Waals surface area contributed by atoms with Gasteiger partial charge in [0, 0.05) is 12.8 Å². The molecular weight excluding hydrogens is 294 g/mol. The number of allylic oxidation sites excluding steroid dienone is 4. The quantitative estimate of drug-likeness (QED) is 0.835. The second-order valence-electron chi connectivity index (χ2n) is 5.71. The SMILES string of the molecule is O=c1[nH]c(=O)n(CCC2=CCCCC2)c(O)c1/C=C1\C=CC=N1. The van der Waals surface area contributed by atoms with Crippen molar-refractivity contribution in [2.75, 3.05) is 0 Å². The van der Waals surface area contributed by atoms with E-state index in [1.54, 1.807) is 18.4 Å². The third kappa shape index (κ3) is 3.41. The number of nitrogens with zero attached hydrogens (tertiary/aromatic N) is 2. The van der Waals surface area contributed by atoms with E-state index in [2.05, 4.69) is 16.1 Å². The van der Waals surface area contributed by atoms with Crippen molar-refractivity contribution in [2.24, 2.45) is 4.99 Å². The first-order valence-electron chi connectivity index (χ1n) is 7.81. The number of aromatic amines is 1. The zero-order valence-corrected chi connectivity index (χ0v) is 12.8. The number of rotatable bonds is 4. The molecule has 0 unspecified atom stereocenters. The molecule has 0 spiro atoms. The number of aromatic hydroxyl groups is 1. The molecule has 0 radical (unpaired) electrons. The van der Waals surface area contributed by atoms with E-state index in [1.165, 1.54) is 29.1 Å². The Bertz CT molecular complexity index is 824. The highest BCUT2D eigenvalue weighted by Crippen LogP contribution is 2.22. The molecule has 120 valence electrons. The average Bonchev–Trinajstić information content (AvgIpc) is 3.05. The molecule has 6 heteroatoms. The fourth-order valence-electron chi connectivity index (χ4n) is 2.85. The first-order valence-corrected chi connectivity index (χ1v) is 7.81. The van der Waals surface area contributed by atoms with Gasteiger partial charge in [0.25, 0.3) is 5.56 Å². The Balaban J connectivity index is 1.90. The molecule has 2 N–H and O–H groups in total. The van der Waals surface area contributed by atoms with Crippen LogP contribution < -0.4 is 11.2 Å². The van der Waals surface area contributed by atoms with Gasteiger partial charge in [-0.1, -0.05) is 11.6 Å². The number of aliphatic imine (C=N–C) groups is 1. The van der Waals surface area contributed by atoms with Crippen LogP contribution in [0.15, 0.2) is 44.1 Å². The Morgan fingerprint density at radius 1 is 1.35 bits per heavy atom. The van der Waals surface area contributed by atoms with E-state index in [9.17, 15) is 14.7 Å². The number of aromatic nitrogens is 2. The maximum atomic E-state index is 12.0. The molecule has 1 aromatic rings. The van der Waals surface area contributed by atoms with E-state index >= 15 is 0 Å². The topological polar surface area (TPSA) is 87.5 Å². The molecule has 0 atom stereocenters. The molecule has 0 saturated heterocycles. The van der Waals surface area contributed by atoms with Crippen LogP contribution in [0.25, 0.3) is 6.08 Å². The summed E-state index contributed by atoms with van der Waals surface area (Å²) in [5.41, 5.74) is 0.726. The highest BCUT2D eigenvalue weighted by atomic mass is 16.3. The minimum Gasteiger partial charge on any atom is -0.494 e. The monoisotopic (exact) mass is 313 g/mol. The minimum absolute atomic E-state index is 0.0564. The van der Waals surface area contributed by atoms with Crippen molar-refractivity contribution in [3.8, 4) is 5.88 Å². The fraction of sp³-hybridized carbons (Fsp3) is 0.353. The predicted molar refractivity (Wildman–Crippen MR) is 89.8 cm³/mol. The Morgan fingerprint density at radius 2 is 2.22 bits per heavy atom. The number of hydrogen-bond donors (Lipinski definition) is 2. The highest BCUT2D eigenvalue weighted by Gasteiger charge is 2.14. The zero-order valence-electron chi connectivity index (χ0n) is 12.8. The molecule has 0 bridgehead atoms. The van der Waals surface area contributed by atoms with Gasteiger partial charge in [-0.3, -0.25) is 19.3 Å². The third-order valence-electron chi connectivity index (χ3n) is 4.12. The van der Waals surface area contributed by atoms with E-state index in [-0.39, 0.29) is 11.4 Å². The summed E-state index contributed by atoms with van der Waals surface area (Å²) in [4.78, 5) is 30.2. The van der Waals surface area contributed by atoms with Gasteiger partial charge in [-0.2, -0.15) is 0 Å². The lowest BCUT2D eigenvalue weighted by atomic mass is 9.97. The van der Waals surface area contributed by atoms with Crippen molar-refractivity contribution in [3.63, 3.8) is 0 Å². The number of hydrogen-bond acceptors (Lipinski definition) is 4. The van der Waals surface area contributed by atoms with Crippen molar-refractivity contribution in [1.82, 2.24) is 9.55 Å². The van der Waals surface area contributed by atoms with Gasteiger partial charge in [0.05, 0.1) is 5.70 Å². The van der Waals surface area contributed by atoms with Gasteiger partial charge >= 0.3 is 5.69 Å². The second kappa shape index (κ2) is 6.64. The van der Waals surface area contributed by atoms with Gasteiger partial charge in [-0.05, 0) is 50.3 Å². The summed E-state index contributed by atoms with van der Waals surface area (Å²) in [6, 6.07) is 0. The van der Waals surface area contributed by atoms with Gasteiger partial charge in [-0.15, -0.1) is 0 Å². The molecule has 0 aromatic carbocycles. The van der Waals surface area contributed by atoms with Crippen molar-refractivity contribution < 1.29 is 5.11 Å². The van der Waals surface area contributed by atoms with E-state index in [4.69, 9.17) is 0 Å². The van der Waals surface area contributed by atoms with E-state index < -0.39 is 11.2 Å². The first kappa shape index (κ1) is 15.3. The van der Waals surface area contributed by atoms with Crippen LogP contribution >= 0.6 is 0 Å². The predicted octanol–water partition coefficient (Wildman–Crippen LogP) is 2.11. The summed E-state index contributed by atoms with van der Waals surface area (Å²) >= 11 is 0. The summed E-state index contributed by atoms with van der Waals surface area (Å²) in [7, 11) is 0. The molecule has 0 amide bonds. The molecule has 2 heterocycles. The van der Waals surface area contributed by atoms with Crippen LogP contribution in [0.3, 0.4) is 0 Å². The molecular formula is C17H19N3O3. The molecule has 0 saturated carbocycles. The zero-order chi connectivity index (χ0) is 16.2. The van der Waals surface area contributed by atoms with Crippen LogP contribution in [0.1, 0.15) is 37.7 Å². The van der Waals surface area contributed by atoms with Crippen LogP contribution in [0.4, 0.5) is 0 Å². The maximum Gasteiger partial charge on any atom is 0.331 e. The maximum absolute atomic E-state index is 12.0. The summed E-state index contributed by atoms with van der Waals surface area (Å²) in [5.74, 6) is -0.307. The highest BCUT2D eigenvalue weighted by molar-refractivity contribution is 5.79. The Kier molecular flexibility index (Phi) is 4.41. The lowest BCUT2D eigenvalue weighted by Crippen LogP contribution is -2.31. The van der Waals surface area contributed by atoms with E-state index in [1.807, 2.05) is 0 Å². The lowest BCUT2D eigenvalue weighted by molar-refractivity contribution is 0.397. The van der Waals surface area contributed by atoms with Gasteiger partial charge in [-0.25, -0.2) is 4.79 Å². The van der Waals surface area contributed by atoms with Gasteiger partial charge in [0.15, 0.2) is 0 Å². The molecule has 2 aliphatic rings. The minimum atomic E-state index is -0.608. The van der Waals surface area contributed by atoms with Crippen molar-refractivity contribution in [2.45, 2.75) is 38.6 Å². The molecule has 1 aliphatic carbocycles. The van der Waals surface area contributed by atoms with Gasteiger partial charge < -0.3 is 5.11 Å². The molecule has 3 rings (SSSR count).